The number of benzene rings is 2. The Morgan fingerprint density at radius 1 is 1.00 bits per heavy atom. The van der Waals surface area contributed by atoms with Crippen LogP contribution in [0.3, 0.4) is 0 Å². The van der Waals surface area contributed by atoms with Crippen LogP contribution in [0, 0.1) is 17.5 Å². The van der Waals surface area contributed by atoms with E-state index in [2.05, 4.69) is 25.9 Å². The van der Waals surface area contributed by atoms with Crippen LogP contribution in [0.4, 0.5) is 13.2 Å². The molecule has 0 saturated heterocycles. The summed E-state index contributed by atoms with van der Waals surface area (Å²) in [7, 11) is 0. The van der Waals surface area contributed by atoms with Crippen molar-refractivity contribution in [2.45, 2.75) is 0 Å². The van der Waals surface area contributed by atoms with E-state index in [1.807, 2.05) is 0 Å². The number of aromatic nitrogens is 2. The minimum atomic E-state index is -1.14. The number of fused-ring (bicyclic) bond motifs is 1. The molecule has 106 valence electrons. The fourth-order valence-corrected chi connectivity index (χ4v) is 2.28. The molecule has 7 heteroatoms. The number of nitrogens with one attached hydrogen (secondary N) is 1. The molecule has 0 aliphatic rings. The van der Waals surface area contributed by atoms with Gasteiger partial charge in [-0.15, -0.1) is 0 Å². The molecule has 0 spiro atoms. The predicted octanol–water partition coefficient (Wildman–Crippen LogP) is 3.77. The van der Waals surface area contributed by atoms with Crippen molar-refractivity contribution >= 4 is 26.8 Å². The van der Waals surface area contributed by atoms with Gasteiger partial charge in [-0.2, -0.15) is 0 Å². The SMILES string of the molecule is O=c1[nH]c(-c2ccc(Br)cc2F)nc2cc(F)c(F)cc12. The van der Waals surface area contributed by atoms with Gasteiger partial charge in [0.15, 0.2) is 11.6 Å². The molecule has 0 bridgehead atoms. The first-order valence-corrected chi connectivity index (χ1v) is 6.59. The van der Waals surface area contributed by atoms with Gasteiger partial charge >= 0.3 is 0 Å². The zero-order valence-corrected chi connectivity index (χ0v) is 11.8. The molecule has 0 radical (unpaired) electrons. The van der Waals surface area contributed by atoms with Crippen LogP contribution in [0.25, 0.3) is 22.3 Å². The summed E-state index contributed by atoms with van der Waals surface area (Å²) in [5, 5.41) is -0.102. The molecule has 3 nitrogen and oxygen atoms in total. The lowest BCUT2D eigenvalue weighted by Crippen LogP contribution is -2.11. The number of hydrogen-bond donors (Lipinski definition) is 1. The van der Waals surface area contributed by atoms with E-state index < -0.39 is 23.0 Å². The van der Waals surface area contributed by atoms with Crippen LogP contribution in [0.15, 0.2) is 39.6 Å². The summed E-state index contributed by atoms with van der Waals surface area (Å²) in [4.78, 5) is 18.2. The Morgan fingerprint density at radius 2 is 1.71 bits per heavy atom. The van der Waals surface area contributed by atoms with Gasteiger partial charge in [-0.3, -0.25) is 4.79 Å². The van der Waals surface area contributed by atoms with Gasteiger partial charge in [0, 0.05) is 10.5 Å². The summed E-state index contributed by atoms with van der Waals surface area (Å²) in [6.07, 6.45) is 0. The maximum Gasteiger partial charge on any atom is 0.259 e. The van der Waals surface area contributed by atoms with E-state index in [0.29, 0.717) is 4.47 Å². The average molecular weight is 355 g/mol. The van der Waals surface area contributed by atoms with E-state index in [4.69, 9.17) is 0 Å². The lowest BCUT2D eigenvalue weighted by Gasteiger charge is -2.05. The number of rotatable bonds is 1. The van der Waals surface area contributed by atoms with Gasteiger partial charge in [-0.05, 0) is 24.3 Å². The van der Waals surface area contributed by atoms with E-state index in [9.17, 15) is 18.0 Å². The third-order valence-electron chi connectivity index (χ3n) is 2.93. The Hall–Kier alpha value is -2.15. The molecule has 0 unspecified atom stereocenters. The Balaban J connectivity index is 2.30. The normalized spacial score (nSPS) is 11.0. The van der Waals surface area contributed by atoms with Crippen molar-refractivity contribution in [2.75, 3.05) is 0 Å². The number of aromatic amines is 1. The summed E-state index contributed by atoms with van der Waals surface area (Å²) in [5.41, 5.74) is -0.659. The van der Waals surface area contributed by atoms with Crippen molar-refractivity contribution in [3.05, 3.63) is 62.6 Å². The molecule has 0 saturated carbocycles. The van der Waals surface area contributed by atoms with Gasteiger partial charge in [-0.1, -0.05) is 15.9 Å². The molecule has 2 aromatic carbocycles. The quantitative estimate of drug-likeness (QED) is 0.722. The van der Waals surface area contributed by atoms with Crippen molar-refractivity contribution in [3.8, 4) is 11.4 Å². The van der Waals surface area contributed by atoms with Crippen LogP contribution in [-0.2, 0) is 0 Å². The van der Waals surface area contributed by atoms with E-state index in [0.717, 1.165) is 12.1 Å². The first kappa shape index (κ1) is 13.8. The number of hydrogen-bond acceptors (Lipinski definition) is 2. The monoisotopic (exact) mass is 354 g/mol. The lowest BCUT2D eigenvalue weighted by atomic mass is 10.1. The number of halogens is 4. The molecule has 0 aliphatic carbocycles. The van der Waals surface area contributed by atoms with Crippen LogP contribution in [0.1, 0.15) is 0 Å². The highest BCUT2D eigenvalue weighted by Crippen LogP contribution is 2.23. The highest BCUT2D eigenvalue weighted by atomic mass is 79.9. The molecule has 1 heterocycles. The molecule has 1 N–H and O–H groups in total. The summed E-state index contributed by atoms with van der Waals surface area (Å²) in [6.45, 7) is 0. The van der Waals surface area contributed by atoms with E-state index in [1.165, 1.54) is 12.1 Å². The molecule has 0 atom stereocenters. The van der Waals surface area contributed by atoms with Gasteiger partial charge < -0.3 is 4.98 Å². The molecule has 3 aromatic rings. The topological polar surface area (TPSA) is 45.8 Å². The van der Waals surface area contributed by atoms with Gasteiger partial charge in [0.05, 0.1) is 16.5 Å². The summed E-state index contributed by atoms with van der Waals surface area (Å²) >= 11 is 3.12. The van der Waals surface area contributed by atoms with Crippen molar-refractivity contribution in [1.82, 2.24) is 9.97 Å². The van der Waals surface area contributed by atoms with Gasteiger partial charge in [0.1, 0.15) is 11.6 Å². The molecular weight excluding hydrogens is 349 g/mol. The highest BCUT2D eigenvalue weighted by Gasteiger charge is 2.13. The summed E-state index contributed by atoms with van der Waals surface area (Å²) < 4.78 is 40.8. The molecule has 3 rings (SSSR count). The average Bonchev–Trinajstić information content (AvgIpc) is 2.41. The van der Waals surface area contributed by atoms with Crippen LogP contribution in [0.2, 0.25) is 0 Å². The molecule has 0 aliphatic heterocycles. The maximum atomic E-state index is 13.9. The first-order valence-electron chi connectivity index (χ1n) is 5.80. The van der Waals surface area contributed by atoms with Crippen LogP contribution < -0.4 is 5.56 Å². The van der Waals surface area contributed by atoms with E-state index >= 15 is 0 Å². The van der Waals surface area contributed by atoms with Crippen molar-refractivity contribution in [1.29, 1.82) is 0 Å². The molecule has 21 heavy (non-hydrogen) atoms. The van der Waals surface area contributed by atoms with E-state index in [-0.39, 0.29) is 22.3 Å². The largest absolute Gasteiger partial charge is 0.306 e. The molecule has 0 amide bonds. The van der Waals surface area contributed by atoms with Gasteiger partial charge in [-0.25, -0.2) is 18.2 Å². The Morgan fingerprint density at radius 3 is 2.43 bits per heavy atom. The predicted molar refractivity (Wildman–Crippen MR) is 75.4 cm³/mol. The van der Waals surface area contributed by atoms with Crippen LogP contribution in [-0.4, -0.2) is 9.97 Å². The van der Waals surface area contributed by atoms with Gasteiger partial charge in [0.2, 0.25) is 0 Å². The molecule has 0 fully saturated rings. The third kappa shape index (κ3) is 2.44. The van der Waals surface area contributed by atoms with E-state index in [1.54, 1.807) is 6.07 Å². The van der Waals surface area contributed by atoms with Gasteiger partial charge in [0.25, 0.3) is 5.56 Å². The Labute approximate surface area is 124 Å². The first-order chi connectivity index (χ1) is 9.95. The Kier molecular flexibility index (Phi) is 3.29. The van der Waals surface area contributed by atoms with Crippen molar-refractivity contribution in [2.24, 2.45) is 0 Å². The minimum Gasteiger partial charge on any atom is -0.306 e. The minimum absolute atomic E-state index is 0.0463. The lowest BCUT2D eigenvalue weighted by molar-refractivity contribution is 0.510. The Bertz CT molecular complexity index is 924. The van der Waals surface area contributed by atoms with Crippen LogP contribution >= 0.6 is 15.9 Å². The molecular formula is C14H6BrF3N2O. The number of H-pyrrole nitrogens is 1. The van der Waals surface area contributed by atoms with Crippen LogP contribution in [0.5, 0.6) is 0 Å². The fourth-order valence-electron chi connectivity index (χ4n) is 1.94. The zero-order valence-electron chi connectivity index (χ0n) is 10.3. The second kappa shape index (κ2) is 5.00. The second-order valence-electron chi connectivity index (χ2n) is 4.32. The molecule has 1 aromatic heterocycles. The van der Waals surface area contributed by atoms with Crippen molar-refractivity contribution < 1.29 is 13.2 Å². The summed E-state index contributed by atoms with van der Waals surface area (Å²) in [6, 6.07) is 5.78. The second-order valence-corrected chi connectivity index (χ2v) is 5.24. The maximum absolute atomic E-state index is 13.9. The number of nitrogens with zero attached hydrogens (tertiary/aromatic N) is 1. The smallest absolute Gasteiger partial charge is 0.259 e. The third-order valence-corrected chi connectivity index (χ3v) is 3.43. The highest BCUT2D eigenvalue weighted by molar-refractivity contribution is 9.10. The standard InChI is InChI=1S/C14H6BrF3N2O/c15-6-1-2-7(9(16)3-6)13-19-12-5-11(18)10(17)4-8(12)14(21)20-13/h1-5H,(H,19,20,21). The fraction of sp³-hybridized carbons (Fsp3) is 0. The zero-order chi connectivity index (χ0) is 15.1. The van der Waals surface area contributed by atoms with Crippen molar-refractivity contribution in [3.63, 3.8) is 0 Å². The summed E-state index contributed by atoms with van der Waals surface area (Å²) in [5.74, 6) is -2.92.